The number of allylic oxidation sites excluding steroid dienone is 2. The first-order chi connectivity index (χ1) is 13.9. The van der Waals surface area contributed by atoms with Crippen LogP contribution in [0.1, 0.15) is 64.4 Å². The Labute approximate surface area is 175 Å². The third-order valence-electron chi connectivity index (χ3n) is 6.30. The van der Waals surface area contributed by atoms with Gasteiger partial charge in [-0.1, -0.05) is 49.4 Å². The Balaban J connectivity index is 1.82. The Hall–Kier alpha value is -1.49. The van der Waals surface area contributed by atoms with Crippen LogP contribution >= 0.6 is 0 Å². The Morgan fingerprint density at radius 1 is 1.17 bits per heavy atom. The van der Waals surface area contributed by atoms with Crippen molar-refractivity contribution >= 4 is 5.78 Å². The van der Waals surface area contributed by atoms with E-state index in [4.69, 9.17) is 0 Å². The Morgan fingerprint density at radius 2 is 1.90 bits per heavy atom. The predicted molar refractivity (Wildman–Crippen MR) is 116 cm³/mol. The van der Waals surface area contributed by atoms with E-state index in [0.717, 1.165) is 25.7 Å². The van der Waals surface area contributed by atoms with Gasteiger partial charge in [-0.15, -0.1) is 0 Å². The lowest BCUT2D eigenvalue weighted by Crippen LogP contribution is -2.30. The van der Waals surface area contributed by atoms with E-state index in [9.17, 15) is 20.1 Å². The molecule has 1 fully saturated rings. The molecule has 1 aromatic rings. The molecule has 6 atom stereocenters. The van der Waals surface area contributed by atoms with E-state index in [2.05, 4.69) is 31.2 Å². The van der Waals surface area contributed by atoms with Crippen LogP contribution in [0.5, 0.6) is 0 Å². The summed E-state index contributed by atoms with van der Waals surface area (Å²) in [4.78, 5) is 11.0. The minimum atomic E-state index is -0.516. The summed E-state index contributed by atoms with van der Waals surface area (Å²) in [7, 11) is 0. The van der Waals surface area contributed by atoms with Gasteiger partial charge in [0.2, 0.25) is 0 Å². The van der Waals surface area contributed by atoms with E-state index < -0.39 is 18.3 Å². The third-order valence-corrected chi connectivity index (χ3v) is 6.30. The number of aliphatic hydroxyl groups is 3. The number of rotatable bonds is 12. The number of Topliss-reactive ketones (excluding diaryl/α,β-unsaturated/α-hetero) is 1. The van der Waals surface area contributed by atoms with Crippen molar-refractivity contribution < 1.29 is 20.1 Å². The molecule has 1 aliphatic carbocycles. The number of benzene rings is 1. The topological polar surface area (TPSA) is 77.8 Å². The molecule has 4 nitrogen and oxygen atoms in total. The van der Waals surface area contributed by atoms with E-state index in [1.54, 1.807) is 6.92 Å². The fourth-order valence-electron chi connectivity index (χ4n) is 4.76. The first kappa shape index (κ1) is 23.8. The number of carbonyl (C=O) groups is 1. The van der Waals surface area contributed by atoms with Crippen LogP contribution in [-0.2, 0) is 11.2 Å². The van der Waals surface area contributed by atoms with Crippen LogP contribution in [0.25, 0.3) is 0 Å². The Morgan fingerprint density at radius 3 is 2.59 bits per heavy atom. The van der Waals surface area contributed by atoms with Crippen molar-refractivity contribution in [2.75, 3.05) is 0 Å². The first-order valence-electron chi connectivity index (χ1n) is 11.1. The van der Waals surface area contributed by atoms with Gasteiger partial charge in [0.25, 0.3) is 0 Å². The van der Waals surface area contributed by atoms with Crippen LogP contribution in [0.2, 0.25) is 0 Å². The fourth-order valence-corrected chi connectivity index (χ4v) is 4.76. The molecular formula is C25H38O4. The quantitative estimate of drug-likeness (QED) is 0.364. The molecule has 1 aromatic carbocycles. The number of ketones is 1. The minimum absolute atomic E-state index is 0.00163. The summed E-state index contributed by atoms with van der Waals surface area (Å²) in [6.07, 6.45) is 8.40. The van der Waals surface area contributed by atoms with Crippen LogP contribution in [0, 0.1) is 17.8 Å². The molecule has 0 saturated heterocycles. The molecule has 0 amide bonds. The monoisotopic (exact) mass is 402 g/mol. The lowest BCUT2D eigenvalue weighted by Gasteiger charge is -2.30. The second kappa shape index (κ2) is 12.3. The molecule has 0 aromatic heterocycles. The average molecular weight is 403 g/mol. The summed E-state index contributed by atoms with van der Waals surface area (Å²) in [5, 5.41) is 31.5. The standard InChI is InChI=1S/C25H38O4/c1-18(16-21(27)15-14-20-11-7-5-8-12-20)25-22(23(28)17-24(25)29)13-9-4-3-6-10-19(2)26/h4-5,7-9,11-12,18,21-25,27-29H,3,6,10,13-17H2,1-2H3/b9-4-/t18?,21-,22-,23-,24+,25+/m0/s1. The van der Waals surface area contributed by atoms with Gasteiger partial charge in [0, 0.05) is 6.42 Å². The van der Waals surface area contributed by atoms with Crippen LogP contribution in [0.3, 0.4) is 0 Å². The summed E-state index contributed by atoms with van der Waals surface area (Å²) >= 11 is 0. The minimum Gasteiger partial charge on any atom is -0.393 e. The maximum Gasteiger partial charge on any atom is 0.129 e. The van der Waals surface area contributed by atoms with Crippen LogP contribution in [-0.4, -0.2) is 39.4 Å². The van der Waals surface area contributed by atoms with E-state index in [1.165, 1.54) is 5.56 Å². The number of carbonyl (C=O) groups excluding carboxylic acids is 1. The van der Waals surface area contributed by atoms with Gasteiger partial charge in [0.05, 0.1) is 18.3 Å². The summed E-state index contributed by atoms with van der Waals surface area (Å²) in [5.41, 5.74) is 1.23. The molecule has 1 saturated carbocycles. The maximum absolute atomic E-state index is 11.0. The van der Waals surface area contributed by atoms with Gasteiger partial charge < -0.3 is 20.1 Å². The highest BCUT2D eigenvalue weighted by Crippen LogP contribution is 2.41. The fraction of sp³-hybridized carbons (Fsp3) is 0.640. The van der Waals surface area contributed by atoms with Crippen molar-refractivity contribution in [1.82, 2.24) is 0 Å². The van der Waals surface area contributed by atoms with E-state index >= 15 is 0 Å². The molecule has 29 heavy (non-hydrogen) atoms. The maximum atomic E-state index is 11.0. The summed E-state index contributed by atoms with van der Waals surface area (Å²) < 4.78 is 0. The molecule has 1 unspecified atom stereocenters. The highest BCUT2D eigenvalue weighted by Gasteiger charge is 2.43. The summed E-state index contributed by atoms with van der Waals surface area (Å²) in [6, 6.07) is 10.2. The van der Waals surface area contributed by atoms with E-state index in [0.29, 0.717) is 25.7 Å². The smallest absolute Gasteiger partial charge is 0.129 e. The summed E-state index contributed by atoms with van der Waals surface area (Å²) in [5.74, 6) is 0.375. The predicted octanol–water partition coefficient (Wildman–Crippen LogP) is 4.07. The summed E-state index contributed by atoms with van der Waals surface area (Å²) in [6.45, 7) is 3.70. The van der Waals surface area contributed by atoms with Crippen molar-refractivity contribution in [3.8, 4) is 0 Å². The molecule has 0 bridgehead atoms. The highest BCUT2D eigenvalue weighted by atomic mass is 16.3. The van der Waals surface area contributed by atoms with Gasteiger partial charge >= 0.3 is 0 Å². The number of hydrogen-bond acceptors (Lipinski definition) is 4. The molecule has 2 rings (SSSR count). The van der Waals surface area contributed by atoms with Crippen molar-refractivity contribution in [2.45, 2.75) is 83.5 Å². The molecule has 3 N–H and O–H groups in total. The van der Waals surface area contributed by atoms with Crippen LogP contribution in [0.4, 0.5) is 0 Å². The number of unbranched alkanes of at least 4 members (excludes halogenated alkanes) is 1. The number of aliphatic hydroxyl groups excluding tert-OH is 3. The van der Waals surface area contributed by atoms with Gasteiger partial charge in [0.15, 0.2) is 0 Å². The highest BCUT2D eigenvalue weighted by molar-refractivity contribution is 5.75. The molecule has 0 radical (unpaired) electrons. The zero-order valence-corrected chi connectivity index (χ0v) is 17.9. The van der Waals surface area contributed by atoms with Crippen LogP contribution in [0.15, 0.2) is 42.5 Å². The van der Waals surface area contributed by atoms with Gasteiger partial charge in [-0.25, -0.2) is 0 Å². The van der Waals surface area contributed by atoms with Crippen molar-refractivity contribution in [3.63, 3.8) is 0 Å². The molecule has 4 heteroatoms. The van der Waals surface area contributed by atoms with Gasteiger partial charge in [-0.05, 0) is 75.2 Å². The zero-order valence-electron chi connectivity index (χ0n) is 17.9. The Bertz CT molecular complexity index is 627. The molecule has 0 heterocycles. The molecule has 162 valence electrons. The van der Waals surface area contributed by atoms with Crippen molar-refractivity contribution in [1.29, 1.82) is 0 Å². The van der Waals surface area contributed by atoms with Gasteiger partial charge in [-0.2, -0.15) is 0 Å². The Kier molecular flexibility index (Phi) is 10.1. The second-order valence-electron chi connectivity index (χ2n) is 8.80. The van der Waals surface area contributed by atoms with Gasteiger partial charge in [0.1, 0.15) is 5.78 Å². The number of hydrogen-bond donors (Lipinski definition) is 3. The van der Waals surface area contributed by atoms with Gasteiger partial charge in [-0.3, -0.25) is 0 Å². The van der Waals surface area contributed by atoms with E-state index in [-0.39, 0.29) is 23.5 Å². The lowest BCUT2D eigenvalue weighted by molar-refractivity contribution is -0.117. The molecule has 1 aliphatic rings. The van der Waals surface area contributed by atoms with Crippen molar-refractivity contribution in [3.05, 3.63) is 48.0 Å². The molecular weight excluding hydrogens is 364 g/mol. The molecule has 0 aliphatic heterocycles. The largest absolute Gasteiger partial charge is 0.393 e. The number of aryl methyl sites for hydroxylation is 1. The lowest BCUT2D eigenvalue weighted by atomic mass is 9.78. The van der Waals surface area contributed by atoms with Crippen LogP contribution < -0.4 is 0 Å². The van der Waals surface area contributed by atoms with E-state index in [1.807, 2.05) is 18.2 Å². The normalized spacial score (nSPS) is 26.7. The second-order valence-corrected chi connectivity index (χ2v) is 8.80. The average Bonchev–Trinajstić information content (AvgIpc) is 2.96. The van der Waals surface area contributed by atoms with Crippen molar-refractivity contribution in [2.24, 2.45) is 17.8 Å². The zero-order chi connectivity index (χ0) is 21.2. The SMILES string of the molecule is CC(=O)CCC/C=C\C[C@@H]1[C@@H](C(C)C[C@@H](O)CCc2ccccc2)[C@H](O)C[C@@H]1O. The third kappa shape index (κ3) is 8.04. The molecule has 0 spiro atoms. The first-order valence-corrected chi connectivity index (χ1v) is 11.1.